The van der Waals surface area contributed by atoms with Crippen molar-refractivity contribution in [3.05, 3.63) is 162 Å². The Hall–Kier alpha value is -6.18. The van der Waals surface area contributed by atoms with E-state index in [0.717, 1.165) is 46.2 Å². The van der Waals surface area contributed by atoms with Crippen LogP contribution in [0.1, 0.15) is 42.4 Å². The van der Waals surface area contributed by atoms with Crippen molar-refractivity contribution in [3.63, 3.8) is 0 Å². The number of fused-ring (bicyclic) bond motifs is 5. The molecule has 1 saturated carbocycles. The molecule has 1 spiro atoms. The van der Waals surface area contributed by atoms with Crippen LogP contribution in [0.2, 0.25) is 0 Å². The Bertz CT molecular complexity index is 2370. The molecule has 1 fully saturated rings. The summed E-state index contributed by atoms with van der Waals surface area (Å²) < 4.78 is 0. The van der Waals surface area contributed by atoms with Crippen molar-refractivity contribution in [1.29, 1.82) is 5.26 Å². The van der Waals surface area contributed by atoms with Gasteiger partial charge in [-0.1, -0.05) is 140 Å². The Balaban J connectivity index is 1.08. The third-order valence-corrected chi connectivity index (χ3v) is 10.3. The molecule has 1 heterocycles. The maximum Gasteiger partial charge on any atom is 0.164 e. The van der Waals surface area contributed by atoms with Crippen LogP contribution >= 0.6 is 0 Å². The fourth-order valence-electron chi connectivity index (χ4n) is 7.87. The molecule has 1 aromatic heterocycles. The van der Waals surface area contributed by atoms with E-state index in [-0.39, 0.29) is 5.41 Å². The van der Waals surface area contributed by atoms with Crippen molar-refractivity contribution in [2.24, 2.45) is 0 Å². The molecular weight excluding hydrogens is 597 g/mol. The number of rotatable bonds is 5. The van der Waals surface area contributed by atoms with Gasteiger partial charge in [0.25, 0.3) is 0 Å². The van der Waals surface area contributed by atoms with Crippen LogP contribution < -0.4 is 0 Å². The highest BCUT2D eigenvalue weighted by atomic mass is 15.0. The van der Waals surface area contributed by atoms with Crippen molar-refractivity contribution in [1.82, 2.24) is 15.0 Å². The second-order valence-electron chi connectivity index (χ2n) is 13.1. The lowest BCUT2D eigenvalue weighted by Crippen LogP contribution is -2.20. The Morgan fingerprint density at radius 3 is 1.39 bits per heavy atom. The van der Waals surface area contributed by atoms with Gasteiger partial charge in [-0.15, -0.1) is 0 Å². The van der Waals surface area contributed by atoms with Crippen molar-refractivity contribution < 1.29 is 0 Å². The van der Waals surface area contributed by atoms with E-state index < -0.39 is 0 Å². The van der Waals surface area contributed by atoms with E-state index >= 15 is 0 Å². The Morgan fingerprint density at radius 1 is 0.429 bits per heavy atom. The number of hydrogen-bond acceptors (Lipinski definition) is 4. The maximum absolute atomic E-state index is 9.65. The molecule has 7 aromatic rings. The summed E-state index contributed by atoms with van der Waals surface area (Å²) in [5, 5.41) is 9.65. The molecule has 4 heteroatoms. The van der Waals surface area contributed by atoms with Gasteiger partial charge in [0.1, 0.15) is 0 Å². The van der Waals surface area contributed by atoms with Crippen LogP contribution in [0.5, 0.6) is 0 Å². The van der Waals surface area contributed by atoms with Gasteiger partial charge in [-0.25, -0.2) is 15.0 Å². The first-order valence-electron chi connectivity index (χ1n) is 17.0. The summed E-state index contributed by atoms with van der Waals surface area (Å²) in [6.45, 7) is 0. The molecule has 2 aliphatic rings. The molecule has 9 rings (SSSR count). The third-order valence-electron chi connectivity index (χ3n) is 10.3. The van der Waals surface area contributed by atoms with Crippen molar-refractivity contribution >= 4 is 0 Å². The second kappa shape index (κ2) is 11.8. The van der Waals surface area contributed by atoms with Crippen molar-refractivity contribution in [2.45, 2.75) is 31.1 Å². The minimum absolute atomic E-state index is 0.00188. The SMILES string of the molecule is N#Cc1ccc2c(c1)C1(CCCC1)c1cc(-c3ccc(-c4nc(-c5ccccc5)nc(-c5ccc(-c6ccccc6)cc5)n4)cc3)ccc1-2. The molecule has 6 aromatic carbocycles. The normalized spacial score (nSPS) is 13.9. The zero-order chi connectivity index (χ0) is 32.8. The summed E-state index contributed by atoms with van der Waals surface area (Å²) in [7, 11) is 0. The molecule has 0 unspecified atom stereocenters. The van der Waals surface area contributed by atoms with Gasteiger partial charge >= 0.3 is 0 Å². The number of nitriles is 1. The van der Waals surface area contributed by atoms with E-state index in [9.17, 15) is 5.26 Å². The van der Waals surface area contributed by atoms with Gasteiger partial charge in [0.05, 0.1) is 11.6 Å². The van der Waals surface area contributed by atoms with Crippen LogP contribution in [0.15, 0.2) is 146 Å². The molecule has 0 atom stereocenters. The molecule has 0 amide bonds. The van der Waals surface area contributed by atoms with E-state index in [0.29, 0.717) is 17.5 Å². The number of hydrogen-bond donors (Lipinski definition) is 0. The molecule has 232 valence electrons. The zero-order valence-electron chi connectivity index (χ0n) is 27.0. The quantitative estimate of drug-likeness (QED) is 0.190. The van der Waals surface area contributed by atoms with Crippen LogP contribution in [-0.2, 0) is 5.41 Å². The summed E-state index contributed by atoms with van der Waals surface area (Å²) in [6.07, 6.45) is 4.69. The van der Waals surface area contributed by atoms with Gasteiger partial charge in [-0.2, -0.15) is 5.26 Å². The summed E-state index contributed by atoms with van der Waals surface area (Å²) in [5.74, 6) is 1.94. The molecule has 0 bridgehead atoms. The van der Waals surface area contributed by atoms with Crippen LogP contribution in [0.3, 0.4) is 0 Å². The highest BCUT2D eigenvalue weighted by molar-refractivity contribution is 5.85. The van der Waals surface area contributed by atoms with Crippen molar-refractivity contribution in [2.75, 3.05) is 0 Å². The molecule has 4 nitrogen and oxygen atoms in total. The second-order valence-corrected chi connectivity index (χ2v) is 13.1. The number of aromatic nitrogens is 3. The molecule has 0 saturated heterocycles. The molecule has 49 heavy (non-hydrogen) atoms. The molecule has 0 aliphatic heterocycles. The molecule has 0 N–H and O–H groups in total. The zero-order valence-corrected chi connectivity index (χ0v) is 27.0. The minimum atomic E-state index is 0.00188. The summed E-state index contributed by atoms with van der Waals surface area (Å²) in [5.41, 5.74) is 13.6. The first-order chi connectivity index (χ1) is 24.2. The lowest BCUT2D eigenvalue weighted by atomic mass is 9.76. The molecule has 0 radical (unpaired) electrons. The lowest BCUT2D eigenvalue weighted by molar-refractivity contribution is 0.550. The van der Waals surface area contributed by atoms with E-state index in [2.05, 4.69) is 109 Å². The number of nitrogens with zero attached hydrogens (tertiary/aromatic N) is 4. The average molecular weight is 629 g/mol. The van der Waals surface area contributed by atoms with Crippen LogP contribution in [0.4, 0.5) is 0 Å². The maximum atomic E-state index is 9.65. The van der Waals surface area contributed by atoms with Crippen LogP contribution in [0, 0.1) is 11.3 Å². The predicted octanol–water partition coefficient (Wildman–Crippen LogP) is 10.9. The summed E-state index contributed by atoms with van der Waals surface area (Å²) in [6, 6.07) is 53.0. The van der Waals surface area contributed by atoms with Crippen LogP contribution in [-0.4, -0.2) is 15.0 Å². The fourth-order valence-corrected chi connectivity index (χ4v) is 7.87. The Kier molecular flexibility index (Phi) is 6.99. The monoisotopic (exact) mass is 628 g/mol. The predicted molar refractivity (Wildman–Crippen MR) is 196 cm³/mol. The molecular formula is C45H32N4. The average Bonchev–Trinajstić information content (AvgIpc) is 3.79. The Morgan fingerprint density at radius 2 is 0.837 bits per heavy atom. The van der Waals surface area contributed by atoms with E-state index in [1.54, 1.807) is 0 Å². The van der Waals surface area contributed by atoms with Gasteiger partial charge in [0, 0.05) is 22.1 Å². The van der Waals surface area contributed by atoms with Gasteiger partial charge in [-0.05, 0) is 75.5 Å². The highest BCUT2D eigenvalue weighted by Gasteiger charge is 2.45. The van der Waals surface area contributed by atoms with Crippen molar-refractivity contribution in [3.8, 4) is 73.6 Å². The number of benzene rings is 6. The standard InChI is InChI=1S/C45H32N4/c46-29-30-13-23-38-39-24-22-37(28-41(39)45(40(38)27-30)25-7-8-26-45)33-16-20-36(21-17-33)44-48-42(34-11-5-2-6-12-34)47-43(49-44)35-18-14-32(15-19-35)31-9-3-1-4-10-31/h1-6,9-24,27-28H,7-8,25-26H2. The van der Waals surface area contributed by atoms with E-state index in [4.69, 9.17) is 15.0 Å². The van der Waals surface area contributed by atoms with Gasteiger partial charge in [0.15, 0.2) is 17.5 Å². The van der Waals surface area contributed by atoms with Gasteiger partial charge in [-0.3, -0.25) is 0 Å². The highest BCUT2D eigenvalue weighted by Crippen LogP contribution is 2.57. The van der Waals surface area contributed by atoms with Gasteiger partial charge in [0.2, 0.25) is 0 Å². The Labute approximate surface area is 286 Å². The van der Waals surface area contributed by atoms with Gasteiger partial charge < -0.3 is 0 Å². The van der Waals surface area contributed by atoms with E-state index in [1.165, 1.54) is 46.2 Å². The van der Waals surface area contributed by atoms with Crippen LogP contribution in [0.25, 0.3) is 67.5 Å². The smallest absolute Gasteiger partial charge is 0.164 e. The topological polar surface area (TPSA) is 62.5 Å². The van der Waals surface area contributed by atoms with E-state index in [1.807, 2.05) is 42.5 Å². The lowest BCUT2D eigenvalue weighted by Gasteiger charge is -2.27. The minimum Gasteiger partial charge on any atom is -0.208 e. The largest absolute Gasteiger partial charge is 0.208 e. The molecule has 2 aliphatic carbocycles. The first-order valence-corrected chi connectivity index (χ1v) is 17.0. The summed E-state index contributed by atoms with van der Waals surface area (Å²) >= 11 is 0. The fraction of sp³-hybridized carbons (Fsp3) is 0.111. The first kappa shape index (κ1) is 29.0. The third kappa shape index (κ3) is 5.03. The summed E-state index contributed by atoms with van der Waals surface area (Å²) in [4.78, 5) is 14.9.